The van der Waals surface area contributed by atoms with Gasteiger partial charge in [0, 0.05) is 30.7 Å². The van der Waals surface area contributed by atoms with Gasteiger partial charge in [0.25, 0.3) is 0 Å². The van der Waals surface area contributed by atoms with Crippen LogP contribution in [0.2, 0.25) is 0 Å². The number of hydrogen-bond donors (Lipinski definition) is 0. The summed E-state index contributed by atoms with van der Waals surface area (Å²) in [4.78, 5) is 18.9. The van der Waals surface area contributed by atoms with Crippen LogP contribution in [0.25, 0.3) is 11.4 Å². The molecule has 2 heterocycles. The molecule has 0 fully saturated rings. The molecule has 8 heteroatoms. The number of thiazole rings is 1. The Morgan fingerprint density at radius 1 is 1.09 bits per heavy atom. The summed E-state index contributed by atoms with van der Waals surface area (Å²) < 4.78 is 2.01. The smallest absolute Gasteiger partial charge is 0.230 e. The van der Waals surface area contributed by atoms with Crippen molar-refractivity contribution in [3.8, 4) is 11.4 Å². The van der Waals surface area contributed by atoms with Crippen molar-refractivity contribution in [2.24, 2.45) is 7.05 Å². The van der Waals surface area contributed by atoms with E-state index in [1.807, 2.05) is 55.1 Å². The average Bonchev–Trinajstić information content (AvgIpc) is 3.35. The van der Waals surface area contributed by atoms with E-state index in [-0.39, 0.29) is 5.91 Å². The zero-order valence-corrected chi connectivity index (χ0v) is 20.4. The van der Waals surface area contributed by atoms with Crippen molar-refractivity contribution >= 4 is 39.8 Å². The topological polar surface area (TPSA) is 63.9 Å². The van der Waals surface area contributed by atoms with Gasteiger partial charge in [-0.15, -0.1) is 21.5 Å². The van der Waals surface area contributed by atoms with Gasteiger partial charge in [-0.25, -0.2) is 4.98 Å². The van der Waals surface area contributed by atoms with E-state index in [0.29, 0.717) is 10.9 Å². The van der Waals surface area contributed by atoms with E-state index in [4.69, 9.17) is 4.98 Å². The summed E-state index contributed by atoms with van der Waals surface area (Å²) in [5.74, 6) is 1.44. The number of carbonyl (C=O) groups excluding carboxylic acids is 1. The van der Waals surface area contributed by atoms with Crippen LogP contribution in [-0.4, -0.2) is 25.7 Å². The van der Waals surface area contributed by atoms with E-state index in [1.54, 1.807) is 23.6 Å². The lowest BCUT2D eigenvalue weighted by molar-refractivity contribution is -0.115. The number of aryl methyl sites for hydroxylation is 3. The van der Waals surface area contributed by atoms with Crippen LogP contribution < -0.4 is 4.90 Å². The first-order valence-corrected chi connectivity index (χ1v) is 12.1. The van der Waals surface area contributed by atoms with Crippen LogP contribution in [0.4, 0.5) is 10.8 Å². The summed E-state index contributed by atoms with van der Waals surface area (Å²) in [7, 11) is 1.98. The average molecular weight is 464 g/mol. The zero-order chi connectivity index (χ0) is 22.8. The Morgan fingerprint density at radius 2 is 1.88 bits per heavy atom. The minimum absolute atomic E-state index is 0.0540. The molecule has 0 aliphatic carbocycles. The molecule has 4 aromatic rings. The van der Waals surface area contributed by atoms with Crippen LogP contribution >= 0.6 is 23.1 Å². The highest BCUT2D eigenvalue weighted by atomic mass is 32.2. The second-order valence-electron chi connectivity index (χ2n) is 7.73. The number of anilines is 2. The van der Waals surface area contributed by atoms with Gasteiger partial charge < -0.3 is 4.57 Å². The van der Waals surface area contributed by atoms with Crippen molar-refractivity contribution in [3.63, 3.8) is 0 Å². The number of thioether (sulfide) groups is 1. The van der Waals surface area contributed by atoms with Crippen molar-refractivity contribution in [2.75, 3.05) is 4.90 Å². The maximum Gasteiger partial charge on any atom is 0.230 e. The van der Waals surface area contributed by atoms with Gasteiger partial charge in [-0.05, 0) is 38.0 Å². The summed E-state index contributed by atoms with van der Waals surface area (Å²) >= 11 is 3.06. The maximum atomic E-state index is 12.4. The largest absolute Gasteiger partial charge is 0.305 e. The third-order valence-electron chi connectivity index (χ3n) is 5.21. The van der Waals surface area contributed by atoms with Gasteiger partial charge in [-0.1, -0.05) is 53.7 Å². The van der Waals surface area contributed by atoms with E-state index in [1.165, 1.54) is 22.5 Å². The van der Waals surface area contributed by atoms with Crippen LogP contribution in [0.1, 0.15) is 29.3 Å². The van der Waals surface area contributed by atoms with Crippen LogP contribution in [0.5, 0.6) is 0 Å². The normalized spacial score (nSPS) is 11.0. The molecule has 4 rings (SSSR count). The molecule has 0 unspecified atom stereocenters. The zero-order valence-electron chi connectivity index (χ0n) is 18.8. The summed E-state index contributed by atoms with van der Waals surface area (Å²) in [6.45, 7) is 7.71. The van der Waals surface area contributed by atoms with Gasteiger partial charge >= 0.3 is 0 Å². The summed E-state index contributed by atoms with van der Waals surface area (Å²) in [5.41, 5.74) is 6.24. The number of nitrogens with zero attached hydrogens (tertiary/aromatic N) is 5. The lowest BCUT2D eigenvalue weighted by Gasteiger charge is -2.20. The minimum atomic E-state index is -0.0540. The SMILES string of the molecule is CC(=O)N(c1nc(CSc2nnc(-c3ccccc3C)n2C)cs1)c1ccc(C)cc1C. The van der Waals surface area contributed by atoms with Crippen molar-refractivity contribution in [1.82, 2.24) is 19.7 Å². The summed E-state index contributed by atoms with van der Waals surface area (Å²) in [5, 5.41) is 12.3. The van der Waals surface area contributed by atoms with Crippen molar-refractivity contribution in [1.29, 1.82) is 0 Å². The maximum absolute atomic E-state index is 12.4. The Hall–Kier alpha value is -2.97. The number of benzene rings is 2. The highest BCUT2D eigenvalue weighted by Crippen LogP contribution is 2.33. The van der Waals surface area contributed by atoms with E-state index >= 15 is 0 Å². The molecule has 32 heavy (non-hydrogen) atoms. The van der Waals surface area contributed by atoms with Gasteiger partial charge in [-0.2, -0.15) is 0 Å². The first-order valence-electron chi connectivity index (χ1n) is 10.3. The fraction of sp³-hybridized carbons (Fsp3) is 0.250. The van der Waals surface area contributed by atoms with E-state index in [0.717, 1.165) is 33.5 Å². The number of carbonyl (C=O) groups is 1. The first-order chi connectivity index (χ1) is 15.3. The standard InChI is InChI=1S/C24H25N5OS2/c1-15-10-11-21(17(3)12-15)29(18(4)30)23-25-19(13-31-23)14-32-24-27-26-22(28(24)5)20-9-7-6-8-16(20)2/h6-13H,14H2,1-5H3. The Bertz CT molecular complexity index is 1280. The third kappa shape index (κ3) is 4.47. The molecule has 0 saturated heterocycles. The van der Waals surface area contributed by atoms with Crippen LogP contribution in [0, 0.1) is 20.8 Å². The Balaban J connectivity index is 1.52. The van der Waals surface area contributed by atoms with E-state index < -0.39 is 0 Å². The molecular weight excluding hydrogens is 438 g/mol. The predicted molar refractivity (Wildman–Crippen MR) is 132 cm³/mol. The number of amides is 1. The Kier molecular flexibility index (Phi) is 6.43. The molecule has 0 spiro atoms. The lowest BCUT2D eigenvalue weighted by atomic mass is 10.1. The molecule has 0 N–H and O–H groups in total. The van der Waals surface area contributed by atoms with Crippen molar-refractivity contribution in [3.05, 3.63) is 70.2 Å². The number of aromatic nitrogens is 4. The Morgan fingerprint density at radius 3 is 2.59 bits per heavy atom. The first kappa shape index (κ1) is 22.2. The van der Waals surface area contributed by atoms with Gasteiger partial charge in [0.05, 0.1) is 11.4 Å². The van der Waals surface area contributed by atoms with Crippen LogP contribution in [0.3, 0.4) is 0 Å². The second-order valence-corrected chi connectivity index (χ2v) is 9.51. The van der Waals surface area contributed by atoms with Crippen molar-refractivity contribution in [2.45, 2.75) is 38.6 Å². The minimum Gasteiger partial charge on any atom is -0.305 e. The van der Waals surface area contributed by atoms with E-state index in [9.17, 15) is 4.79 Å². The van der Waals surface area contributed by atoms with Gasteiger partial charge in [0.15, 0.2) is 16.1 Å². The highest BCUT2D eigenvalue weighted by molar-refractivity contribution is 7.98. The predicted octanol–water partition coefficient (Wildman–Crippen LogP) is 5.84. The van der Waals surface area contributed by atoms with Gasteiger partial charge in [0.1, 0.15) is 0 Å². The third-order valence-corrected chi connectivity index (χ3v) is 7.14. The Labute approximate surface area is 196 Å². The molecular formula is C24H25N5OS2. The molecule has 0 aliphatic heterocycles. The molecule has 0 aliphatic rings. The molecule has 0 saturated carbocycles. The fourth-order valence-corrected chi connectivity index (χ4v) is 5.36. The lowest BCUT2D eigenvalue weighted by Crippen LogP contribution is -2.23. The molecule has 0 radical (unpaired) electrons. The molecule has 6 nitrogen and oxygen atoms in total. The molecule has 164 valence electrons. The highest BCUT2D eigenvalue weighted by Gasteiger charge is 2.20. The molecule has 0 bridgehead atoms. The summed E-state index contributed by atoms with van der Waals surface area (Å²) in [6.07, 6.45) is 0. The van der Waals surface area contributed by atoms with Gasteiger partial charge in [0.2, 0.25) is 5.91 Å². The van der Waals surface area contributed by atoms with Gasteiger partial charge in [-0.3, -0.25) is 9.69 Å². The number of rotatable bonds is 6. The molecule has 2 aromatic heterocycles. The fourth-order valence-electron chi connectivity index (χ4n) is 3.57. The van der Waals surface area contributed by atoms with Crippen LogP contribution in [0.15, 0.2) is 53.0 Å². The monoisotopic (exact) mass is 463 g/mol. The van der Waals surface area contributed by atoms with Crippen LogP contribution in [-0.2, 0) is 17.6 Å². The molecule has 2 aromatic carbocycles. The molecule has 1 amide bonds. The van der Waals surface area contributed by atoms with E-state index in [2.05, 4.69) is 35.3 Å². The van der Waals surface area contributed by atoms with Crippen molar-refractivity contribution < 1.29 is 4.79 Å². The summed E-state index contributed by atoms with van der Waals surface area (Å²) in [6, 6.07) is 14.2. The second kappa shape index (κ2) is 9.26. The number of hydrogen-bond acceptors (Lipinski definition) is 6. The molecule has 0 atom stereocenters. The quantitative estimate of drug-likeness (QED) is 0.336.